The van der Waals surface area contributed by atoms with Crippen molar-refractivity contribution in [3.63, 3.8) is 0 Å². The van der Waals surface area contributed by atoms with Gasteiger partial charge < -0.3 is 5.11 Å². The zero-order valence-electron chi connectivity index (χ0n) is 8.07. The molecule has 1 N–H and O–H groups in total. The Morgan fingerprint density at radius 1 is 1.60 bits per heavy atom. The summed E-state index contributed by atoms with van der Waals surface area (Å²) in [6.45, 7) is 0. The van der Waals surface area contributed by atoms with Gasteiger partial charge in [0.05, 0.1) is 0 Å². The molecule has 1 heterocycles. The standard InChI is InChI=1S/C11H11FO2S/c12-8-2-3-10-9(5-8)7(6-15-10)1-4-11(13)14/h2-3,5,7H,1,4,6H2,(H,13,14). The van der Waals surface area contributed by atoms with Gasteiger partial charge in [0.25, 0.3) is 0 Å². The van der Waals surface area contributed by atoms with Crippen LogP contribution in [0.2, 0.25) is 0 Å². The maximum atomic E-state index is 13.0. The van der Waals surface area contributed by atoms with Crippen molar-refractivity contribution in [1.82, 2.24) is 0 Å². The Bertz CT molecular complexity index is 392. The zero-order chi connectivity index (χ0) is 10.8. The number of hydrogen-bond acceptors (Lipinski definition) is 2. The van der Waals surface area contributed by atoms with Crippen molar-refractivity contribution < 1.29 is 14.3 Å². The molecule has 1 aliphatic heterocycles. The van der Waals surface area contributed by atoms with E-state index < -0.39 is 5.97 Å². The Morgan fingerprint density at radius 3 is 3.13 bits per heavy atom. The lowest BCUT2D eigenvalue weighted by Crippen LogP contribution is -2.02. The third-order valence-electron chi connectivity index (χ3n) is 2.56. The van der Waals surface area contributed by atoms with Gasteiger partial charge in [0.1, 0.15) is 5.82 Å². The third kappa shape index (κ3) is 2.31. The van der Waals surface area contributed by atoms with E-state index in [1.165, 1.54) is 12.1 Å². The van der Waals surface area contributed by atoms with E-state index >= 15 is 0 Å². The van der Waals surface area contributed by atoms with Crippen molar-refractivity contribution in [3.05, 3.63) is 29.6 Å². The highest BCUT2D eigenvalue weighted by Crippen LogP contribution is 2.41. The second-order valence-corrected chi connectivity index (χ2v) is 4.68. The van der Waals surface area contributed by atoms with Crippen LogP contribution in [-0.4, -0.2) is 16.8 Å². The Morgan fingerprint density at radius 2 is 2.40 bits per heavy atom. The van der Waals surface area contributed by atoms with Gasteiger partial charge in [0, 0.05) is 17.1 Å². The molecular weight excluding hydrogens is 215 g/mol. The van der Waals surface area contributed by atoms with E-state index in [-0.39, 0.29) is 18.2 Å². The number of carbonyl (C=O) groups is 1. The third-order valence-corrected chi connectivity index (χ3v) is 3.81. The largest absolute Gasteiger partial charge is 0.481 e. The first-order valence-electron chi connectivity index (χ1n) is 4.81. The van der Waals surface area contributed by atoms with Crippen LogP contribution in [0.4, 0.5) is 4.39 Å². The average molecular weight is 226 g/mol. The molecule has 80 valence electrons. The smallest absolute Gasteiger partial charge is 0.303 e. The molecule has 1 atom stereocenters. The summed E-state index contributed by atoms with van der Waals surface area (Å²) >= 11 is 1.68. The minimum atomic E-state index is -0.787. The summed E-state index contributed by atoms with van der Waals surface area (Å²) in [6, 6.07) is 4.75. The minimum absolute atomic E-state index is 0.154. The van der Waals surface area contributed by atoms with Gasteiger partial charge in [0.15, 0.2) is 0 Å². The molecule has 0 spiro atoms. The van der Waals surface area contributed by atoms with Crippen LogP contribution in [0.15, 0.2) is 23.1 Å². The molecule has 1 aromatic carbocycles. The Labute approximate surface area is 91.5 Å². The molecule has 2 rings (SSSR count). The summed E-state index contributed by atoms with van der Waals surface area (Å²) in [4.78, 5) is 11.5. The number of hydrogen-bond donors (Lipinski definition) is 1. The molecule has 15 heavy (non-hydrogen) atoms. The lowest BCUT2D eigenvalue weighted by Gasteiger charge is -2.08. The number of halogens is 1. The predicted molar refractivity (Wildman–Crippen MR) is 56.7 cm³/mol. The molecule has 2 nitrogen and oxygen atoms in total. The summed E-state index contributed by atoms with van der Waals surface area (Å²) in [6.07, 6.45) is 0.750. The molecule has 0 amide bonds. The summed E-state index contributed by atoms with van der Waals surface area (Å²) < 4.78 is 13.0. The molecule has 1 aromatic rings. The highest BCUT2D eigenvalue weighted by molar-refractivity contribution is 7.99. The molecule has 4 heteroatoms. The first-order chi connectivity index (χ1) is 7.16. The predicted octanol–water partition coefficient (Wildman–Crippen LogP) is 2.88. The van der Waals surface area contributed by atoms with Crippen LogP contribution in [0.25, 0.3) is 0 Å². The van der Waals surface area contributed by atoms with Gasteiger partial charge in [-0.1, -0.05) is 0 Å². The fourth-order valence-corrected chi connectivity index (χ4v) is 3.07. The molecule has 0 saturated heterocycles. The fraction of sp³-hybridized carbons (Fsp3) is 0.364. The van der Waals surface area contributed by atoms with Crippen molar-refractivity contribution >= 4 is 17.7 Å². The van der Waals surface area contributed by atoms with Crippen LogP contribution in [0.5, 0.6) is 0 Å². The van der Waals surface area contributed by atoms with E-state index in [2.05, 4.69) is 0 Å². The van der Waals surface area contributed by atoms with E-state index in [4.69, 9.17) is 5.11 Å². The normalized spacial score (nSPS) is 18.9. The highest BCUT2D eigenvalue weighted by Gasteiger charge is 2.23. The van der Waals surface area contributed by atoms with Crippen LogP contribution in [0, 0.1) is 5.82 Å². The number of aliphatic carboxylic acids is 1. The first-order valence-corrected chi connectivity index (χ1v) is 5.79. The highest BCUT2D eigenvalue weighted by atomic mass is 32.2. The number of rotatable bonds is 3. The Balaban J connectivity index is 2.13. The lowest BCUT2D eigenvalue weighted by atomic mass is 9.96. The topological polar surface area (TPSA) is 37.3 Å². The van der Waals surface area contributed by atoms with Crippen molar-refractivity contribution in [3.8, 4) is 0 Å². The first kappa shape index (κ1) is 10.5. The van der Waals surface area contributed by atoms with Gasteiger partial charge in [0.2, 0.25) is 0 Å². The number of carboxylic acids is 1. The SMILES string of the molecule is O=C(O)CCC1CSc2ccc(F)cc21. The molecule has 1 aliphatic rings. The van der Waals surface area contributed by atoms with Crippen LogP contribution in [0.1, 0.15) is 24.3 Å². The second kappa shape index (κ2) is 4.23. The molecule has 0 saturated carbocycles. The van der Waals surface area contributed by atoms with E-state index in [0.717, 1.165) is 16.2 Å². The maximum absolute atomic E-state index is 13.0. The Kier molecular flexibility index (Phi) is 2.95. The average Bonchev–Trinajstić information content (AvgIpc) is 2.57. The lowest BCUT2D eigenvalue weighted by molar-refractivity contribution is -0.137. The maximum Gasteiger partial charge on any atom is 0.303 e. The molecule has 1 unspecified atom stereocenters. The fourth-order valence-electron chi connectivity index (χ4n) is 1.79. The minimum Gasteiger partial charge on any atom is -0.481 e. The van der Waals surface area contributed by atoms with Crippen molar-refractivity contribution in [2.75, 3.05) is 5.75 Å². The van der Waals surface area contributed by atoms with Gasteiger partial charge in [-0.2, -0.15) is 0 Å². The summed E-state index contributed by atoms with van der Waals surface area (Å²) in [5, 5.41) is 8.60. The quantitative estimate of drug-likeness (QED) is 0.861. The Hall–Kier alpha value is -1.03. The molecule has 0 aromatic heterocycles. The van der Waals surface area contributed by atoms with Gasteiger partial charge in [-0.05, 0) is 36.1 Å². The van der Waals surface area contributed by atoms with E-state index in [1.807, 2.05) is 0 Å². The van der Waals surface area contributed by atoms with Crippen LogP contribution < -0.4 is 0 Å². The number of carboxylic acid groups (broad SMARTS) is 1. The molecule has 0 radical (unpaired) electrons. The van der Waals surface area contributed by atoms with E-state index in [9.17, 15) is 9.18 Å². The summed E-state index contributed by atoms with van der Waals surface area (Å²) in [5.74, 6) is 0.0322. The van der Waals surface area contributed by atoms with E-state index in [0.29, 0.717) is 6.42 Å². The number of thioether (sulfide) groups is 1. The van der Waals surface area contributed by atoms with Crippen molar-refractivity contribution in [2.45, 2.75) is 23.7 Å². The van der Waals surface area contributed by atoms with Crippen molar-refractivity contribution in [1.29, 1.82) is 0 Å². The molecule has 0 aliphatic carbocycles. The van der Waals surface area contributed by atoms with Gasteiger partial charge >= 0.3 is 5.97 Å². The number of benzene rings is 1. The monoisotopic (exact) mass is 226 g/mol. The number of fused-ring (bicyclic) bond motifs is 1. The molecule has 0 bridgehead atoms. The zero-order valence-corrected chi connectivity index (χ0v) is 8.89. The van der Waals surface area contributed by atoms with Crippen molar-refractivity contribution in [2.24, 2.45) is 0 Å². The van der Waals surface area contributed by atoms with E-state index in [1.54, 1.807) is 17.8 Å². The van der Waals surface area contributed by atoms with Gasteiger partial charge in [-0.3, -0.25) is 4.79 Å². The molecule has 0 fully saturated rings. The van der Waals surface area contributed by atoms with Gasteiger partial charge in [-0.25, -0.2) is 4.39 Å². The second-order valence-electron chi connectivity index (χ2n) is 3.62. The van der Waals surface area contributed by atoms with Crippen LogP contribution in [-0.2, 0) is 4.79 Å². The molecular formula is C11H11FO2S. The van der Waals surface area contributed by atoms with Gasteiger partial charge in [-0.15, -0.1) is 11.8 Å². The summed E-state index contributed by atoms with van der Waals surface area (Å²) in [7, 11) is 0. The summed E-state index contributed by atoms with van der Waals surface area (Å²) in [5.41, 5.74) is 0.973. The van der Waals surface area contributed by atoms with Crippen LogP contribution in [0.3, 0.4) is 0 Å². The van der Waals surface area contributed by atoms with Crippen LogP contribution >= 0.6 is 11.8 Å².